The van der Waals surface area contributed by atoms with Gasteiger partial charge in [-0.1, -0.05) is 11.8 Å². The van der Waals surface area contributed by atoms with Gasteiger partial charge >= 0.3 is 5.97 Å². The van der Waals surface area contributed by atoms with Crippen molar-refractivity contribution < 1.29 is 9.53 Å². The third-order valence-corrected chi connectivity index (χ3v) is 1.42. The van der Waals surface area contributed by atoms with Crippen LogP contribution in [0.1, 0.15) is 16.1 Å². The van der Waals surface area contributed by atoms with Crippen molar-refractivity contribution in [2.75, 3.05) is 13.7 Å². The van der Waals surface area contributed by atoms with Crippen LogP contribution in [-0.4, -0.2) is 24.6 Å². The van der Waals surface area contributed by atoms with Gasteiger partial charge in [-0.25, -0.2) is 4.79 Å². The number of ether oxygens (including phenoxy) is 1. The van der Waals surface area contributed by atoms with Crippen molar-refractivity contribution in [2.45, 2.75) is 0 Å². The fraction of sp³-hybridized carbons (Fsp3) is 0.222. The van der Waals surface area contributed by atoms with Gasteiger partial charge in [-0.2, -0.15) is 0 Å². The quantitative estimate of drug-likeness (QED) is 0.473. The number of rotatable bonds is 1. The summed E-state index contributed by atoms with van der Waals surface area (Å²) in [7, 11) is 1.33. The molecule has 0 unspecified atom stereocenters. The lowest BCUT2D eigenvalue weighted by Crippen LogP contribution is -2.00. The zero-order chi connectivity index (χ0) is 9.68. The first-order chi connectivity index (χ1) is 6.27. The number of aromatic amines is 1. The van der Waals surface area contributed by atoms with Gasteiger partial charge in [-0.15, -0.1) is 0 Å². The predicted octanol–water partition coefficient (Wildman–Crippen LogP) is 0.111. The van der Waals surface area contributed by atoms with Crippen molar-refractivity contribution in [3.05, 3.63) is 23.5 Å². The number of carbonyl (C=O) groups is 1. The maximum absolute atomic E-state index is 11.0. The summed E-state index contributed by atoms with van der Waals surface area (Å²) in [4.78, 5) is 13.7. The van der Waals surface area contributed by atoms with Crippen molar-refractivity contribution in [1.29, 1.82) is 0 Å². The van der Waals surface area contributed by atoms with Crippen LogP contribution in [0.15, 0.2) is 12.3 Å². The van der Waals surface area contributed by atoms with Crippen molar-refractivity contribution in [3.63, 3.8) is 0 Å². The fourth-order valence-electron chi connectivity index (χ4n) is 0.847. The van der Waals surface area contributed by atoms with E-state index in [-0.39, 0.29) is 0 Å². The van der Waals surface area contributed by atoms with Crippen LogP contribution in [-0.2, 0) is 4.74 Å². The van der Waals surface area contributed by atoms with Crippen LogP contribution in [0.5, 0.6) is 0 Å². The second-order valence-electron chi connectivity index (χ2n) is 2.30. The molecular weight excluding hydrogens is 168 g/mol. The standard InChI is InChI=1S/C9H10N2O2/c1-13-9(12)8-5-7(6-11-8)3-2-4-10/h5-6,11H,4,10H2,1H3. The molecule has 0 atom stereocenters. The smallest absolute Gasteiger partial charge is 0.354 e. The molecule has 0 aliphatic carbocycles. The van der Waals surface area contributed by atoms with Crippen LogP contribution in [0.2, 0.25) is 0 Å². The average molecular weight is 178 g/mol. The molecular formula is C9H10N2O2. The first-order valence-corrected chi connectivity index (χ1v) is 3.73. The minimum atomic E-state index is -0.402. The Kier molecular flexibility index (Phi) is 3.12. The molecule has 1 rings (SSSR count). The number of methoxy groups -OCH3 is 1. The molecule has 4 heteroatoms. The van der Waals surface area contributed by atoms with E-state index in [9.17, 15) is 4.79 Å². The van der Waals surface area contributed by atoms with E-state index >= 15 is 0 Å². The Bertz CT molecular complexity index is 357. The van der Waals surface area contributed by atoms with E-state index in [1.165, 1.54) is 7.11 Å². The lowest BCUT2D eigenvalue weighted by Gasteiger charge is -1.91. The Balaban J connectivity index is 2.80. The highest BCUT2D eigenvalue weighted by Crippen LogP contribution is 2.02. The van der Waals surface area contributed by atoms with Crippen LogP contribution in [0.25, 0.3) is 0 Å². The van der Waals surface area contributed by atoms with E-state index in [0.29, 0.717) is 12.2 Å². The fourth-order valence-corrected chi connectivity index (χ4v) is 0.847. The molecule has 0 aliphatic heterocycles. The number of aromatic nitrogens is 1. The first-order valence-electron chi connectivity index (χ1n) is 3.73. The van der Waals surface area contributed by atoms with Gasteiger partial charge in [0.15, 0.2) is 0 Å². The Labute approximate surface area is 76.1 Å². The molecule has 1 aromatic rings. The monoisotopic (exact) mass is 178 g/mol. The van der Waals surface area contributed by atoms with Gasteiger partial charge in [0.1, 0.15) is 5.69 Å². The first kappa shape index (κ1) is 9.36. The van der Waals surface area contributed by atoms with Gasteiger partial charge in [0.2, 0.25) is 0 Å². The summed E-state index contributed by atoms with van der Waals surface area (Å²) in [6.45, 7) is 0.304. The van der Waals surface area contributed by atoms with Gasteiger partial charge in [-0.05, 0) is 6.07 Å². The molecule has 0 amide bonds. The van der Waals surface area contributed by atoms with Crippen LogP contribution in [0.4, 0.5) is 0 Å². The molecule has 0 bridgehead atoms. The lowest BCUT2D eigenvalue weighted by atomic mass is 10.3. The maximum Gasteiger partial charge on any atom is 0.354 e. The Morgan fingerprint density at radius 1 is 1.77 bits per heavy atom. The summed E-state index contributed by atoms with van der Waals surface area (Å²) in [5.74, 6) is 5.07. The summed E-state index contributed by atoms with van der Waals surface area (Å²) < 4.78 is 4.51. The highest BCUT2D eigenvalue weighted by molar-refractivity contribution is 5.87. The zero-order valence-corrected chi connectivity index (χ0v) is 7.26. The van der Waals surface area contributed by atoms with Gasteiger partial charge in [0.05, 0.1) is 13.7 Å². The highest BCUT2D eigenvalue weighted by Gasteiger charge is 2.06. The molecule has 13 heavy (non-hydrogen) atoms. The molecule has 3 N–H and O–H groups in total. The number of nitrogens with one attached hydrogen (secondary N) is 1. The summed E-state index contributed by atoms with van der Waals surface area (Å²) >= 11 is 0. The van der Waals surface area contributed by atoms with E-state index in [0.717, 1.165) is 5.56 Å². The Morgan fingerprint density at radius 2 is 2.54 bits per heavy atom. The topological polar surface area (TPSA) is 68.1 Å². The van der Waals surface area contributed by atoms with Crippen LogP contribution >= 0.6 is 0 Å². The maximum atomic E-state index is 11.0. The molecule has 1 heterocycles. The molecule has 68 valence electrons. The van der Waals surface area contributed by atoms with Crippen LogP contribution in [0.3, 0.4) is 0 Å². The minimum absolute atomic E-state index is 0.304. The van der Waals surface area contributed by atoms with Crippen molar-refractivity contribution >= 4 is 5.97 Å². The van der Waals surface area contributed by atoms with E-state index < -0.39 is 5.97 Å². The van der Waals surface area contributed by atoms with Crippen LogP contribution in [0, 0.1) is 11.8 Å². The largest absolute Gasteiger partial charge is 0.464 e. The summed E-state index contributed by atoms with van der Waals surface area (Å²) in [6, 6.07) is 1.62. The van der Waals surface area contributed by atoms with Crippen molar-refractivity contribution in [2.24, 2.45) is 5.73 Å². The van der Waals surface area contributed by atoms with E-state index in [2.05, 4.69) is 21.6 Å². The third-order valence-electron chi connectivity index (χ3n) is 1.42. The van der Waals surface area contributed by atoms with Gasteiger partial charge in [0.25, 0.3) is 0 Å². The molecule has 0 aliphatic rings. The second kappa shape index (κ2) is 4.33. The molecule has 0 aromatic carbocycles. The molecule has 0 saturated heterocycles. The number of esters is 1. The van der Waals surface area contributed by atoms with Gasteiger partial charge in [0, 0.05) is 11.8 Å². The Hall–Kier alpha value is -1.73. The average Bonchev–Trinajstić information content (AvgIpc) is 2.62. The Morgan fingerprint density at radius 3 is 3.15 bits per heavy atom. The van der Waals surface area contributed by atoms with Crippen molar-refractivity contribution in [3.8, 4) is 11.8 Å². The minimum Gasteiger partial charge on any atom is -0.464 e. The zero-order valence-electron chi connectivity index (χ0n) is 7.26. The number of carbonyl (C=O) groups excluding carboxylic acids is 1. The normalized spacial score (nSPS) is 8.77. The SMILES string of the molecule is COC(=O)c1cc(C#CCN)c[nH]1. The number of hydrogen-bond donors (Lipinski definition) is 2. The van der Waals surface area contributed by atoms with Gasteiger partial charge in [-0.3, -0.25) is 0 Å². The molecule has 4 nitrogen and oxygen atoms in total. The number of nitrogens with two attached hydrogens (primary N) is 1. The third kappa shape index (κ3) is 2.36. The summed E-state index contributed by atoms with van der Waals surface area (Å²) in [6.07, 6.45) is 1.63. The lowest BCUT2D eigenvalue weighted by molar-refractivity contribution is 0.0595. The van der Waals surface area contributed by atoms with E-state index in [4.69, 9.17) is 5.73 Å². The predicted molar refractivity (Wildman–Crippen MR) is 48.1 cm³/mol. The second-order valence-corrected chi connectivity index (χ2v) is 2.30. The molecule has 0 radical (unpaired) electrons. The summed E-state index contributed by atoms with van der Waals surface area (Å²) in [5, 5.41) is 0. The van der Waals surface area contributed by atoms with E-state index in [1.807, 2.05) is 0 Å². The van der Waals surface area contributed by atoms with Crippen molar-refractivity contribution in [1.82, 2.24) is 4.98 Å². The molecule has 0 saturated carbocycles. The van der Waals surface area contributed by atoms with Crippen LogP contribution < -0.4 is 5.73 Å². The molecule has 0 spiro atoms. The van der Waals surface area contributed by atoms with Gasteiger partial charge < -0.3 is 15.5 Å². The molecule has 1 aromatic heterocycles. The number of hydrogen-bond acceptors (Lipinski definition) is 3. The highest BCUT2D eigenvalue weighted by atomic mass is 16.5. The number of H-pyrrole nitrogens is 1. The van der Waals surface area contributed by atoms with E-state index in [1.54, 1.807) is 12.3 Å². The molecule has 0 fully saturated rings. The summed E-state index contributed by atoms with van der Waals surface area (Å²) in [5.41, 5.74) is 6.31.